The molecule has 4 aromatic rings. The molecule has 0 saturated heterocycles. The maximum Gasteiger partial charge on any atom is 0.291 e. The van der Waals surface area contributed by atoms with E-state index in [1.54, 1.807) is 48.5 Å². The summed E-state index contributed by atoms with van der Waals surface area (Å²) in [6.45, 7) is 0. The Morgan fingerprint density at radius 2 is 1.17 bits per heavy atom. The summed E-state index contributed by atoms with van der Waals surface area (Å²) in [5, 5.41) is 5.59. The zero-order valence-electron chi connectivity index (χ0n) is 15.5. The van der Waals surface area contributed by atoms with Crippen LogP contribution in [-0.2, 0) is 0 Å². The Bertz CT molecular complexity index is 1100. The summed E-state index contributed by atoms with van der Waals surface area (Å²) >= 11 is 0. The van der Waals surface area contributed by atoms with Gasteiger partial charge < -0.3 is 15.1 Å². The fraction of sp³-hybridized carbons (Fsp3) is 0. The number of nitrogens with one attached hydrogen (secondary N) is 2. The fourth-order valence-electron chi connectivity index (χ4n) is 2.89. The molecule has 5 nitrogen and oxygen atoms in total. The number of amides is 2. The summed E-state index contributed by atoms with van der Waals surface area (Å²) in [4.78, 5) is 24.5. The maximum absolute atomic E-state index is 12.5. The first kappa shape index (κ1) is 18.3. The first-order valence-corrected chi connectivity index (χ1v) is 9.11. The average Bonchev–Trinajstić information content (AvgIpc) is 3.31. The molecule has 2 N–H and O–H groups in total. The molecule has 0 atom stereocenters. The second-order valence-corrected chi connectivity index (χ2v) is 6.41. The SMILES string of the molecule is O=C(Nc1ccc(NC(=O)c2ccco2)cc1)c1ccc(-c2ccccc2)cc1. The normalized spacial score (nSPS) is 10.3. The van der Waals surface area contributed by atoms with Crippen LogP contribution in [0.25, 0.3) is 11.1 Å². The predicted molar refractivity (Wildman–Crippen MR) is 113 cm³/mol. The minimum atomic E-state index is -0.328. The van der Waals surface area contributed by atoms with Crippen molar-refractivity contribution >= 4 is 23.2 Å². The van der Waals surface area contributed by atoms with Crippen LogP contribution < -0.4 is 10.6 Å². The minimum Gasteiger partial charge on any atom is -0.459 e. The Morgan fingerprint density at radius 3 is 1.76 bits per heavy atom. The Hall–Kier alpha value is -4.12. The van der Waals surface area contributed by atoms with E-state index in [4.69, 9.17) is 4.42 Å². The predicted octanol–water partition coefficient (Wildman–Crippen LogP) is 5.45. The van der Waals surface area contributed by atoms with Crippen molar-refractivity contribution in [1.29, 1.82) is 0 Å². The molecule has 0 saturated carbocycles. The zero-order valence-corrected chi connectivity index (χ0v) is 15.5. The largest absolute Gasteiger partial charge is 0.459 e. The van der Waals surface area contributed by atoms with Crippen molar-refractivity contribution in [3.05, 3.63) is 109 Å². The van der Waals surface area contributed by atoms with Gasteiger partial charge in [-0.15, -0.1) is 0 Å². The van der Waals surface area contributed by atoms with Gasteiger partial charge >= 0.3 is 0 Å². The van der Waals surface area contributed by atoms with Gasteiger partial charge in [-0.3, -0.25) is 9.59 Å². The van der Waals surface area contributed by atoms with Crippen LogP contribution in [0.4, 0.5) is 11.4 Å². The van der Waals surface area contributed by atoms with Crippen LogP contribution in [0.3, 0.4) is 0 Å². The lowest BCUT2D eigenvalue weighted by molar-refractivity contribution is 0.0994. The van der Waals surface area contributed by atoms with Gasteiger partial charge in [0, 0.05) is 16.9 Å². The molecule has 29 heavy (non-hydrogen) atoms. The van der Waals surface area contributed by atoms with E-state index < -0.39 is 0 Å². The molecule has 2 amide bonds. The lowest BCUT2D eigenvalue weighted by Gasteiger charge is -2.08. The molecule has 0 aliphatic carbocycles. The van der Waals surface area contributed by atoms with Crippen LogP contribution in [0, 0.1) is 0 Å². The average molecular weight is 382 g/mol. The lowest BCUT2D eigenvalue weighted by Crippen LogP contribution is -2.12. The molecule has 4 rings (SSSR count). The molecular formula is C24H18N2O3. The molecule has 1 heterocycles. The van der Waals surface area contributed by atoms with Crippen molar-refractivity contribution in [3.63, 3.8) is 0 Å². The Labute approximate surface area is 168 Å². The highest BCUT2D eigenvalue weighted by atomic mass is 16.3. The third-order valence-corrected chi connectivity index (χ3v) is 4.40. The lowest BCUT2D eigenvalue weighted by atomic mass is 10.0. The summed E-state index contributed by atoms with van der Waals surface area (Å²) in [5.41, 5.74) is 3.97. The Kier molecular flexibility index (Phi) is 5.21. The number of carbonyl (C=O) groups is 2. The first-order chi connectivity index (χ1) is 14.2. The van der Waals surface area contributed by atoms with Crippen molar-refractivity contribution in [2.24, 2.45) is 0 Å². The molecule has 0 aliphatic rings. The third kappa shape index (κ3) is 4.42. The number of anilines is 2. The van der Waals surface area contributed by atoms with E-state index in [9.17, 15) is 9.59 Å². The van der Waals surface area contributed by atoms with Gasteiger partial charge in [0.15, 0.2) is 5.76 Å². The topological polar surface area (TPSA) is 71.3 Å². The number of hydrogen-bond acceptors (Lipinski definition) is 3. The van der Waals surface area contributed by atoms with Gasteiger partial charge in [-0.1, -0.05) is 42.5 Å². The van der Waals surface area contributed by atoms with Gasteiger partial charge in [0.05, 0.1) is 6.26 Å². The molecule has 1 aromatic heterocycles. The molecule has 0 fully saturated rings. The van der Waals surface area contributed by atoms with Crippen molar-refractivity contribution in [3.8, 4) is 11.1 Å². The molecule has 0 bridgehead atoms. The first-order valence-electron chi connectivity index (χ1n) is 9.11. The number of furan rings is 1. The van der Waals surface area contributed by atoms with Crippen LogP contribution in [0.15, 0.2) is 102 Å². The molecule has 0 unspecified atom stereocenters. The number of hydrogen-bond donors (Lipinski definition) is 2. The van der Waals surface area contributed by atoms with E-state index in [0.717, 1.165) is 11.1 Å². The number of carbonyl (C=O) groups excluding carboxylic acids is 2. The van der Waals surface area contributed by atoms with Crippen LogP contribution in [0.2, 0.25) is 0 Å². The second-order valence-electron chi connectivity index (χ2n) is 6.41. The standard InChI is InChI=1S/C24H18N2O3/c27-23(19-10-8-18(9-11-19)17-5-2-1-3-6-17)25-20-12-14-21(15-13-20)26-24(28)22-7-4-16-29-22/h1-16H,(H,25,27)(H,26,28). The monoisotopic (exact) mass is 382 g/mol. The van der Waals surface area contributed by atoms with Crippen LogP contribution in [-0.4, -0.2) is 11.8 Å². The summed E-state index contributed by atoms with van der Waals surface area (Å²) < 4.78 is 5.06. The van der Waals surface area contributed by atoms with E-state index in [-0.39, 0.29) is 17.6 Å². The quantitative estimate of drug-likeness (QED) is 0.482. The highest BCUT2D eigenvalue weighted by molar-refractivity contribution is 6.05. The molecule has 0 radical (unpaired) electrons. The summed E-state index contributed by atoms with van der Waals surface area (Å²) in [7, 11) is 0. The van der Waals surface area contributed by atoms with Crippen molar-refractivity contribution < 1.29 is 14.0 Å². The second kappa shape index (κ2) is 8.27. The van der Waals surface area contributed by atoms with Gasteiger partial charge in [-0.25, -0.2) is 0 Å². The van der Waals surface area contributed by atoms with Crippen LogP contribution >= 0.6 is 0 Å². The molecular weight excluding hydrogens is 364 g/mol. The smallest absolute Gasteiger partial charge is 0.291 e. The third-order valence-electron chi connectivity index (χ3n) is 4.40. The van der Waals surface area contributed by atoms with E-state index in [0.29, 0.717) is 16.9 Å². The van der Waals surface area contributed by atoms with Gasteiger partial charge in [0.2, 0.25) is 0 Å². The van der Waals surface area contributed by atoms with E-state index in [2.05, 4.69) is 10.6 Å². The van der Waals surface area contributed by atoms with Gasteiger partial charge in [-0.05, 0) is 59.7 Å². The molecule has 3 aromatic carbocycles. The number of benzene rings is 3. The zero-order chi connectivity index (χ0) is 20.1. The summed E-state index contributed by atoms with van der Waals surface area (Å²) in [6, 6.07) is 27.6. The van der Waals surface area contributed by atoms with Gasteiger partial charge in [0.25, 0.3) is 11.8 Å². The maximum atomic E-state index is 12.5. The molecule has 0 aliphatic heterocycles. The highest BCUT2D eigenvalue weighted by Gasteiger charge is 2.10. The van der Waals surface area contributed by atoms with Gasteiger partial charge in [0.1, 0.15) is 0 Å². The van der Waals surface area contributed by atoms with E-state index in [1.807, 2.05) is 42.5 Å². The van der Waals surface area contributed by atoms with Crippen LogP contribution in [0.5, 0.6) is 0 Å². The molecule has 5 heteroatoms. The van der Waals surface area contributed by atoms with E-state index >= 15 is 0 Å². The van der Waals surface area contributed by atoms with Crippen LogP contribution in [0.1, 0.15) is 20.9 Å². The Morgan fingerprint density at radius 1 is 0.586 bits per heavy atom. The number of rotatable bonds is 5. The van der Waals surface area contributed by atoms with Crippen molar-refractivity contribution in [1.82, 2.24) is 0 Å². The van der Waals surface area contributed by atoms with Crippen molar-refractivity contribution in [2.45, 2.75) is 0 Å². The fourth-order valence-corrected chi connectivity index (χ4v) is 2.89. The highest BCUT2D eigenvalue weighted by Crippen LogP contribution is 2.20. The summed E-state index contributed by atoms with van der Waals surface area (Å²) in [6.07, 6.45) is 1.44. The van der Waals surface area contributed by atoms with Gasteiger partial charge in [-0.2, -0.15) is 0 Å². The molecule has 0 spiro atoms. The minimum absolute atomic E-state index is 0.197. The van der Waals surface area contributed by atoms with E-state index in [1.165, 1.54) is 6.26 Å². The Balaban J connectivity index is 1.39. The van der Waals surface area contributed by atoms with Crippen molar-refractivity contribution in [2.75, 3.05) is 10.6 Å². The molecule has 142 valence electrons. The summed E-state index contributed by atoms with van der Waals surface area (Å²) in [5.74, 6) is -0.288.